The summed E-state index contributed by atoms with van der Waals surface area (Å²) in [6.45, 7) is 4.71. The quantitative estimate of drug-likeness (QED) is 0.164. The van der Waals surface area contributed by atoms with E-state index < -0.39 is 0 Å². The van der Waals surface area contributed by atoms with Gasteiger partial charge in [0.15, 0.2) is 5.58 Å². The van der Waals surface area contributed by atoms with Gasteiger partial charge in [0.1, 0.15) is 5.52 Å². The van der Waals surface area contributed by atoms with E-state index >= 15 is 0 Å². The van der Waals surface area contributed by atoms with Crippen LogP contribution in [-0.4, -0.2) is 4.98 Å². The molecule has 1 aliphatic rings. The summed E-state index contributed by atoms with van der Waals surface area (Å²) in [4.78, 5) is 7.39. The molecule has 11 aromatic rings. The second-order valence-electron chi connectivity index (χ2n) is 16.3. The molecule has 0 N–H and O–H groups in total. The number of benzene rings is 10. The van der Waals surface area contributed by atoms with E-state index in [9.17, 15) is 0 Å². The summed E-state index contributed by atoms with van der Waals surface area (Å²) in [5, 5.41) is 9.35. The van der Waals surface area contributed by atoms with Crippen molar-refractivity contribution in [3.8, 4) is 33.7 Å². The lowest BCUT2D eigenvalue weighted by atomic mass is 9.82. The van der Waals surface area contributed by atoms with Gasteiger partial charge in [0, 0.05) is 38.8 Å². The van der Waals surface area contributed by atoms with E-state index in [1.54, 1.807) is 0 Å². The van der Waals surface area contributed by atoms with Gasteiger partial charge in [-0.2, -0.15) is 0 Å². The molecule has 0 atom stereocenters. The molecule has 0 saturated carbocycles. The maximum Gasteiger partial charge on any atom is 0.227 e. The summed E-state index contributed by atoms with van der Waals surface area (Å²) < 4.78 is 6.67. The first-order valence-corrected chi connectivity index (χ1v) is 20.4. The molecule has 1 aliphatic carbocycles. The van der Waals surface area contributed by atoms with Gasteiger partial charge in [-0.25, -0.2) is 4.98 Å². The standard InChI is InChI=1S/C56H38N2O/c1-56(2)49-23-12-11-20-45(49)46-30-28-40(34-50(46)56)58(39-17-7-4-8-18-39)41-32-38-16-9-10-19-42(38)48(33-41)43-21-13-22-47-44(43)29-26-35-24-25-36-27-31-51-54(53(36)52(35)47)59-55(57-51)37-14-5-3-6-15-37/h3-34H,1-2H3. The normalized spacial score (nSPS) is 13.1. The third kappa shape index (κ3) is 5.11. The third-order valence-corrected chi connectivity index (χ3v) is 12.6. The molecule has 3 nitrogen and oxygen atoms in total. The van der Waals surface area contributed by atoms with Gasteiger partial charge in [0.25, 0.3) is 0 Å². The van der Waals surface area contributed by atoms with Crippen molar-refractivity contribution < 1.29 is 4.42 Å². The minimum absolute atomic E-state index is 0.116. The van der Waals surface area contributed by atoms with Gasteiger partial charge in [-0.1, -0.05) is 153 Å². The Bertz CT molecular complexity index is 3470. The minimum Gasteiger partial charge on any atom is -0.435 e. The van der Waals surface area contributed by atoms with Crippen molar-refractivity contribution in [2.75, 3.05) is 4.90 Å². The van der Waals surface area contributed by atoms with Crippen LogP contribution in [0, 0.1) is 0 Å². The zero-order chi connectivity index (χ0) is 39.2. The Morgan fingerprint density at radius 1 is 0.424 bits per heavy atom. The van der Waals surface area contributed by atoms with Crippen molar-refractivity contribution in [1.82, 2.24) is 4.98 Å². The first-order valence-electron chi connectivity index (χ1n) is 20.4. The van der Waals surface area contributed by atoms with Crippen molar-refractivity contribution in [3.05, 3.63) is 205 Å². The summed E-state index contributed by atoms with van der Waals surface area (Å²) in [6.07, 6.45) is 0. The monoisotopic (exact) mass is 754 g/mol. The number of hydrogen-bond donors (Lipinski definition) is 0. The van der Waals surface area contributed by atoms with Crippen molar-refractivity contribution in [2.45, 2.75) is 19.3 Å². The van der Waals surface area contributed by atoms with Gasteiger partial charge < -0.3 is 9.32 Å². The molecule has 12 rings (SSSR count). The fraction of sp³-hybridized carbons (Fsp3) is 0.0536. The molecule has 0 unspecified atom stereocenters. The van der Waals surface area contributed by atoms with Crippen LogP contribution in [0.15, 0.2) is 199 Å². The predicted molar refractivity (Wildman–Crippen MR) is 247 cm³/mol. The van der Waals surface area contributed by atoms with E-state index in [1.807, 2.05) is 30.3 Å². The van der Waals surface area contributed by atoms with Gasteiger partial charge >= 0.3 is 0 Å². The van der Waals surface area contributed by atoms with Crippen LogP contribution in [0.25, 0.3) is 87.9 Å². The largest absolute Gasteiger partial charge is 0.435 e. The lowest BCUT2D eigenvalue weighted by Gasteiger charge is -2.29. The van der Waals surface area contributed by atoms with Crippen LogP contribution in [0.4, 0.5) is 17.1 Å². The van der Waals surface area contributed by atoms with Gasteiger partial charge in [0.05, 0.1) is 0 Å². The van der Waals surface area contributed by atoms with Crippen molar-refractivity contribution in [1.29, 1.82) is 0 Å². The summed E-state index contributed by atoms with van der Waals surface area (Å²) in [6, 6.07) is 70.4. The maximum atomic E-state index is 6.67. The Balaban J connectivity index is 1.09. The lowest BCUT2D eigenvalue weighted by molar-refractivity contribution is 0.623. The van der Waals surface area contributed by atoms with Gasteiger partial charge in [-0.15, -0.1) is 0 Å². The Labute approximate surface area is 342 Å². The van der Waals surface area contributed by atoms with Crippen molar-refractivity contribution in [3.63, 3.8) is 0 Å². The van der Waals surface area contributed by atoms with Crippen LogP contribution in [-0.2, 0) is 5.41 Å². The molecule has 278 valence electrons. The molecular weight excluding hydrogens is 717 g/mol. The SMILES string of the molecule is CC1(C)c2ccccc2-c2ccc(N(c3ccccc3)c3cc(-c4cccc5c4ccc4ccc6ccc7nc(-c8ccccc8)oc7c6c45)c4ccccc4c3)cc21. The Kier molecular flexibility index (Phi) is 7.27. The molecule has 3 heteroatoms. The van der Waals surface area contributed by atoms with E-state index in [-0.39, 0.29) is 5.41 Å². The highest BCUT2D eigenvalue weighted by molar-refractivity contribution is 6.27. The molecule has 10 aromatic carbocycles. The first kappa shape index (κ1) is 33.6. The van der Waals surface area contributed by atoms with Gasteiger partial charge in [-0.3, -0.25) is 0 Å². The van der Waals surface area contributed by atoms with Crippen LogP contribution in [0.5, 0.6) is 0 Å². The molecule has 1 heterocycles. The minimum atomic E-state index is -0.116. The van der Waals surface area contributed by atoms with E-state index in [1.165, 1.54) is 65.7 Å². The Hall–Kier alpha value is -7.49. The number of rotatable bonds is 5. The van der Waals surface area contributed by atoms with E-state index in [0.29, 0.717) is 5.89 Å². The molecule has 0 amide bonds. The van der Waals surface area contributed by atoms with Crippen LogP contribution in [0.2, 0.25) is 0 Å². The van der Waals surface area contributed by atoms with E-state index in [2.05, 4.69) is 183 Å². The van der Waals surface area contributed by atoms with Crippen molar-refractivity contribution >= 4 is 71.3 Å². The predicted octanol–water partition coefficient (Wildman–Crippen LogP) is 15.6. The number of para-hydroxylation sites is 1. The van der Waals surface area contributed by atoms with Gasteiger partial charge in [-0.05, 0) is 120 Å². The average Bonchev–Trinajstić information content (AvgIpc) is 3.83. The Morgan fingerprint density at radius 3 is 1.97 bits per heavy atom. The van der Waals surface area contributed by atoms with Crippen molar-refractivity contribution in [2.24, 2.45) is 0 Å². The molecule has 0 saturated heterocycles. The third-order valence-electron chi connectivity index (χ3n) is 12.6. The number of anilines is 3. The highest BCUT2D eigenvalue weighted by Crippen LogP contribution is 2.51. The smallest absolute Gasteiger partial charge is 0.227 e. The summed E-state index contributed by atoms with van der Waals surface area (Å²) in [7, 11) is 0. The fourth-order valence-corrected chi connectivity index (χ4v) is 9.82. The molecule has 0 radical (unpaired) electrons. The average molecular weight is 755 g/mol. The number of fused-ring (bicyclic) bond motifs is 11. The van der Waals surface area contributed by atoms with E-state index in [0.717, 1.165) is 44.5 Å². The van der Waals surface area contributed by atoms with E-state index in [4.69, 9.17) is 9.40 Å². The first-order chi connectivity index (χ1) is 29.0. The van der Waals surface area contributed by atoms with Crippen LogP contribution >= 0.6 is 0 Å². The zero-order valence-corrected chi connectivity index (χ0v) is 32.8. The van der Waals surface area contributed by atoms with Gasteiger partial charge in [0.2, 0.25) is 5.89 Å². The molecule has 0 fully saturated rings. The topological polar surface area (TPSA) is 29.3 Å². The molecular formula is C56H38N2O. The summed E-state index contributed by atoms with van der Waals surface area (Å²) in [5.41, 5.74) is 13.6. The molecule has 1 aromatic heterocycles. The molecule has 0 aliphatic heterocycles. The zero-order valence-electron chi connectivity index (χ0n) is 32.8. The van der Waals surface area contributed by atoms with Crippen LogP contribution in [0.3, 0.4) is 0 Å². The number of hydrogen-bond acceptors (Lipinski definition) is 3. The highest BCUT2D eigenvalue weighted by Gasteiger charge is 2.35. The highest BCUT2D eigenvalue weighted by atomic mass is 16.3. The maximum absolute atomic E-state index is 6.67. The molecule has 0 spiro atoms. The second kappa shape index (κ2) is 12.8. The number of nitrogens with zero attached hydrogens (tertiary/aromatic N) is 2. The Morgan fingerprint density at radius 2 is 1.10 bits per heavy atom. The number of oxazole rings is 1. The summed E-state index contributed by atoms with van der Waals surface area (Å²) in [5.74, 6) is 0.633. The van der Waals surface area contributed by atoms with Crippen LogP contribution in [0.1, 0.15) is 25.0 Å². The van der Waals surface area contributed by atoms with Crippen LogP contribution < -0.4 is 4.90 Å². The second-order valence-corrected chi connectivity index (χ2v) is 16.3. The fourth-order valence-electron chi connectivity index (χ4n) is 9.82. The summed E-state index contributed by atoms with van der Waals surface area (Å²) >= 11 is 0. The lowest BCUT2D eigenvalue weighted by Crippen LogP contribution is -2.16. The molecule has 0 bridgehead atoms. The number of aromatic nitrogens is 1. The molecule has 59 heavy (non-hydrogen) atoms.